The van der Waals surface area contributed by atoms with Crippen molar-refractivity contribution in [2.45, 2.75) is 31.5 Å². The minimum atomic E-state index is -1.28. The maximum absolute atomic E-state index is 12.8. The summed E-state index contributed by atoms with van der Waals surface area (Å²) in [6.07, 6.45) is 1.33. The maximum atomic E-state index is 12.8. The number of aromatic hydroxyl groups is 2. The largest absolute Gasteiger partial charge is 0.504 e. The molecule has 1 fully saturated rings. The predicted octanol–water partition coefficient (Wildman–Crippen LogP) is 1.40. The number of imidazole rings is 1. The molecule has 196 valence electrons. The van der Waals surface area contributed by atoms with E-state index < -0.39 is 41.9 Å². The number of benzene rings is 2. The predicted molar refractivity (Wildman–Crippen MR) is 137 cm³/mol. The molecule has 38 heavy (non-hydrogen) atoms. The first-order valence-corrected chi connectivity index (χ1v) is 11.8. The molecule has 0 radical (unpaired) electrons. The smallest absolute Gasteiger partial charge is 0.255 e. The fourth-order valence-corrected chi connectivity index (χ4v) is 4.28. The third-order valence-electron chi connectivity index (χ3n) is 6.36. The third-order valence-corrected chi connectivity index (χ3v) is 6.36. The Bertz CT molecular complexity index is 1520. The fourth-order valence-electron chi connectivity index (χ4n) is 4.28. The average molecular weight is 519 g/mol. The van der Waals surface area contributed by atoms with E-state index in [0.29, 0.717) is 16.7 Å². The van der Waals surface area contributed by atoms with Crippen LogP contribution in [0.3, 0.4) is 0 Å². The molecule has 5 rings (SSSR count). The number of aromatic nitrogens is 4. The van der Waals surface area contributed by atoms with Gasteiger partial charge in [0.15, 0.2) is 29.2 Å². The number of hydrogen-bond acceptors (Lipinski definition) is 10. The number of fused-ring (bicyclic) bond motifs is 1. The number of nitrogens with one attached hydrogen (secondary N) is 1. The van der Waals surface area contributed by atoms with Crippen LogP contribution in [0.15, 0.2) is 61.2 Å². The van der Waals surface area contributed by atoms with Crippen molar-refractivity contribution in [3.05, 3.63) is 72.3 Å². The van der Waals surface area contributed by atoms with Crippen molar-refractivity contribution in [1.82, 2.24) is 24.8 Å². The second-order valence-electron chi connectivity index (χ2n) is 8.95. The summed E-state index contributed by atoms with van der Waals surface area (Å²) in [6.45, 7) is 1.98. The summed E-state index contributed by atoms with van der Waals surface area (Å²) in [5.74, 6) is -1.37. The molecule has 0 saturated carbocycles. The molecule has 12 heteroatoms. The van der Waals surface area contributed by atoms with Crippen LogP contribution in [0.1, 0.15) is 22.1 Å². The standard InChI is InChI=1S/C26H26N6O6/c1-13-4-6-14(7-5-13)15-9-16(20(34)17(33)10-15)25(37)28-8-2-3-18-21(35)22(36)26(38-18)32-12-31-19-23(27)29-11-30-24(19)32/h2-7,9-12,18,21-22,26,33-36H,8H2,1H3,(H,28,37)(H2,27,29,30). The van der Waals surface area contributed by atoms with Crippen LogP contribution >= 0.6 is 0 Å². The summed E-state index contributed by atoms with van der Waals surface area (Å²) >= 11 is 0. The molecule has 2 aromatic carbocycles. The van der Waals surface area contributed by atoms with Gasteiger partial charge in [-0.05, 0) is 30.2 Å². The Labute approximate surface area is 216 Å². The van der Waals surface area contributed by atoms with Crippen molar-refractivity contribution in [3.63, 3.8) is 0 Å². The zero-order chi connectivity index (χ0) is 27.0. The maximum Gasteiger partial charge on any atom is 0.255 e. The number of rotatable bonds is 6. The number of phenolic OH excluding ortho intramolecular Hbond substituents is 2. The molecule has 0 spiro atoms. The van der Waals surface area contributed by atoms with E-state index in [2.05, 4.69) is 20.3 Å². The molecule has 4 atom stereocenters. The van der Waals surface area contributed by atoms with Crippen molar-refractivity contribution >= 4 is 22.9 Å². The van der Waals surface area contributed by atoms with Gasteiger partial charge in [-0.25, -0.2) is 15.0 Å². The topological polar surface area (TPSA) is 189 Å². The molecule has 1 saturated heterocycles. The molecule has 0 aliphatic carbocycles. The molecule has 4 aromatic rings. The zero-order valence-electron chi connectivity index (χ0n) is 20.3. The first-order chi connectivity index (χ1) is 18.2. The molecule has 0 bridgehead atoms. The molecule has 4 unspecified atom stereocenters. The number of carbonyl (C=O) groups excluding carboxylic acids is 1. The summed E-state index contributed by atoms with van der Waals surface area (Å²) < 4.78 is 7.29. The Kier molecular flexibility index (Phi) is 6.68. The lowest BCUT2D eigenvalue weighted by Gasteiger charge is -2.16. The molecule has 3 heterocycles. The van der Waals surface area contributed by atoms with Gasteiger partial charge in [0, 0.05) is 6.54 Å². The van der Waals surface area contributed by atoms with Gasteiger partial charge in [-0.2, -0.15) is 0 Å². The molecule has 1 aliphatic rings. The van der Waals surface area contributed by atoms with Gasteiger partial charge in [0.05, 0.1) is 11.9 Å². The van der Waals surface area contributed by atoms with E-state index >= 15 is 0 Å². The van der Waals surface area contributed by atoms with E-state index in [4.69, 9.17) is 10.5 Å². The van der Waals surface area contributed by atoms with Crippen molar-refractivity contribution in [3.8, 4) is 22.6 Å². The molecule has 7 N–H and O–H groups in total. The number of ether oxygens (including phenoxy) is 1. The summed E-state index contributed by atoms with van der Waals surface area (Å²) in [5, 5.41) is 44.1. The lowest BCUT2D eigenvalue weighted by Crippen LogP contribution is -2.31. The second kappa shape index (κ2) is 10.1. The lowest BCUT2D eigenvalue weighted by atomic mass is 10.0. The van der Waals surface area contributed by atoms with Gasteiger partial charge in [-0.15, -0.1) is 0 Å². The molecule has 12 nitrogen and oxygen atoms in total. The number of hydrogen-bond donors (Lipinski definition) is 6. The number of phenols is 2. The zero-order valence-corrected chi connectivity index (χ0v) is 20.3. The van der Waals surface area contributed by atoms with Gasteiger partial charge in [-0.3, -0.25) is 9.36 Å². The van der Waals surface area contributed by atoms with Gasteiger partial charge in [-0.1, -0.05) is 42.0 Å². The van der Waals surface area contributed by atoms with Crippen LogP contribution in [0.5, 0.6) is 11.5 Å². The van der Waals surface area contributed by atoms with Crippen LogP contribution in [-0.2, 0) is 4.74 Å². The highest BCUT2D eigenvalue weighted by molar-refractivity contribution is 5.99. The van der Waals surface area contributed by atoms with Crippen LogP contribution in [0, 0.1) is 6.92 Å². The Morgan fingerprint density at radius 1 is 1.11 bits per heavy atom. The van der Waals surface area contributed by atoms with Crippen LogP contribution < -0.4 is 11.1 Å². The Balaban J connectivity index is 1.25. The number of carbonyl (C=O) groups is 1. The Hall–Kier alpha value is -4.52. The Morgan fingerprint density at radius 3 is 2.63 bits per heavy atom. The molecular formula is C26H26N6O6. The van der Waals surface area contributed by atoms with Crippen LogP contribution in [-0.4, -0.2) is 70.7 Å². The minimum absolute atomic E-state index is 0.0267. The van der Waals surface area contributed by atoms with E-state index in [1.54, 1.807) is 6.08 Å². The van der Waals surface area contributed by atoms with Gasteiger partial charge >= 0.3 is 0 Å². The van der Waals surface area contributed by atoms with E-state index in [0.717, 1.165) is 11.1 Å². The van der Waals surface area contributed by atoms with Crippen LogP contribution in [0.25, 0.3) is 22.3 Å². The van der Waals surface area contributed by atoms with Gasteiger partial charge in [0.2, 0.25) is 0 Å². The summed E-state index contributed by atoms with van der Waals surface area (Å²) in [5.41, 5.74) is 8.83. The first kappa shape index (κ1) is 25.1. The summed E-state index contributed by atoms with van der Waals surface area (Å²) in [6, 6.07) is 10.4. The van der Waals surface area contributed by atoms with Crippen molar-refractivity contribution in [2.75, 3.05) is 12.3 Å². The number of aliphatic hydroxyl groups is 2. The van der Waals surface area contributed by atoms with E-state index in [1.807, 2.05) is 31.2 Å². The number of amides is 1. The number of nitrogens with zero attached hydrogens (tertiary/aromatic N) is 4. The van der Waals surface area contributed by atoms with E-state index in [1.165, 1.54) is 35.4 Å². The number of nitrogens with two attached hydrogens (primary N) is 1. The van der Waals surface area contributed by atoms with Crippen molar-refractivity contribution in [2.24, 2.45) is 0 Å². The van der Waals surface area contributed by atoms with Crippen molar-refractivity contribution < 1.29 is 30.0 Å². The first-order valence-electron chi connectivity index (χ1n) is 11.8. The quantitative estimate of drug-likeness (QED) is 0.161. The monoisotopic (exact) mass is 518 g/mol. The molecule has 1 aliphatic heterocycles. The highest BCUT2D eigenvalue weighted by atomic mass is 16.6. The van der Waals surface area contributed by atoms with Gasteiger partial charge < -0.3 is 36.2 Å². The van der Waals surface area contributed by atoms with E-state index in [-0.39, 0.29) is 17.9 Å². The number of nitrogen functional groups attached to an aromatic ring is 1. The number of anilines is 1. The lowest BCUT2D eigenvalue weighted by molar-refractivity contribution is -0.0245. The van der Waals surface area contributed by atoms with Gasteiger partial charge in [0.1, 0.15) is 30.2 Å². The minimum Gasteiger partial charge on any atom is -0.504 e. The van der Waals surface area contributed by atoms with Crippen LogP contribution in [0.2, 0.25) is 0 Å². The van der Waals surface area contributed by atoms with Crippen LogP contribution in [0.4, 0.5) is 5.82 Å². The Morgan fingerprint density at radius 2 is 1.87 bits per heavy atom. The van der Waals surface area contributed by atoms with Gasteiger partial charge in [0.25, 0.3) is 5.91 Å². The average Bonchev–Trinajstić information content (AvgIpc) is 3.45. The highest BCUT2D eigenvalue weighted by Crippen LogP contribution is 2.35. The molecular weight excluding hydrogens is 492 g/mol. The second-order valence-corrected chi connectivity index (χ2v) is 8.95. The SMILES string of the molecule is Cc1ccc(-c2cc(O)c(O)c(C(=O)NCC=CC3OC(n4cnc5c(N)ncnc54)C(O)C3O)c2)cc1. The molecule has 2 aromatic heterocycles. The summed E-state index contributed by atoms with van der Waals surface area (Å²) in [4.78, 5) is 24.9. The summed E-state index contributed by atoms with van der Waals surface area (Å²) in [7, 11) is 0. The highest BCUT2D eigenvalue weighted by Gasteiger charge is 2.43. The fraction of sp³-hybridized carbons (Fsp3) is 0.231. The molecule has 1 amide bonds. The van der Waals surface area contributed by atoms with Crippen molar-refractivity contribution in [1.29, 1.82) is 0 Å². The number of aryl methyl sites for hydroxylation is 1. The number of aliphatic hydroxyl groups excluding tert-OH is 2. The van der Waals surface area contributed by atoms with E-state index in [9.17, 15) is 25.2 Å². The third kappa shape index (κ3) is 4.63. The normalized spacial score (nSPS) is 21.3.